The predicted octanol–water partition coefficient (Wildman–Crippen LogP) is 2.28. The molecular formula is C8H14INO2. The van der Waals surface area contributed by atoms with E-state index in [-0.39, 0.29) is 0 Å². The molecule has 0 unspecified atom stereocenters. The number of carbonyl (C=O) groups excluding carboxylic acids is 1. The summed E-state index contributed by atoms with van der Waals surface area (Å²) in [5.41, 5.74) is 4.67. The monoisotopic (exact) mass is 283 g/mol. The van der Waals surface area contributed by atoms with Gasteiger partial charge in [0.2, 0.25) is 0 Å². The molecule has 0 aromatic carbocycles. The van der Waals surface area contributed by atoms with Crippen LogP contribution in [0.2, 0.25) is 0 Å². The van der Waals surface area contributed by atoms with Gasteiger partial charge in [0.1, 0.15) is 0 Å². The van der Waals surface area contributed by atoms with E-state index < -0.39 is 6.09 Å². The van der Waals surface area contributed by atoms with E-state index in [4.69, 9.17) is 0 Å². The number of rotatable bonds is 3. The summed E-state index contributed by atoms with van der Waals surface area (Å²) < 4.78 is 7.07. The molecule has 0 fully saturated rings. The number of halogens is 1. The molecule has 70 valence electrons. The van der Waals surface area contributed by atoms with Gasteiger partial charge in [0.15, 0.2) is 0 Å². The first-order chi connectivity index (χ1) is 5.68. The van der Waals surface area contributed by atoms with Crippen molar-refractivity contribution in [2.75, 3.05) is 6.61 Å². The molecule has 0 atom stereocenters. The molecule has 3 nitrogen and oxygen atoms in total. The fourth-order valence-corrected chi connectivity index (χ4v) is 0.317. The van der Waals surface area contributed by atoms with E-state index in [2.05, 4.69) is 20.3 Å². The maximum atomic E-state index is 9.87. The van der Waals surface area contributed by atoms with Crippen LogP contribution in [-0.2, 0) is 4.74 Å². The van der Waals surface area contributed by atoms with Crippen molar-refractivity contribution >= 4 is 28.7 Å². The normalized spacial score (nSPS) is 6.92. The first-order valence-corrected chi connectivity index (χ1v) is 4.71. The highest BCUT2D eigenvalue weighted by Gasteiger charge is 1.88. The Morgan fingerprint density at radius 2 is 2.17 bits per heavy atom. The van der Waals surface area contributed by atoms with Crippen molar-refractivity contribution in [3.63, 3.8) is 0 Å². The second kappa shape index (κ2) is 13.2. The lowest BCUT2D eigenvalue weighted by Crippen LogP contribution is -2.13. The van der Waals surface area contributed by atoms with Gasteiger partial charge in [-0.1, -0.05) is 19.3 Å². The number of ether oxygens (including phenoxy) is 1. The summed E-state index contributed by atoms with van der Waals surface area (Å²) in [5.74, 6) is 2.67. The van der Waals surface area contributed by atoms with E-state index in [1.165, 1.54) is 0 Å². The fraction of sp³-hybridized carbons (Fsp3) is 0.625. The molecule has 0 spiro atoms. The summed E-state index contributed by atoms with van der Waals surface area (Å²) in [6, 6.07) is 0. The summed E-state index contributed by atoms with van der Waals surface area (Å²) in [6.07, 6.45) is 1.23. The van der Waals surface area contributed by atoms with Gasteiger partial charge < -0.3 is 10.5 Å². The zero-order chi connectivity index (χ0) is 9.82. The van der Waals surface area contributed by atoms with Crippen molar-refractivity contribution in [3.8, 4) is 9.85 Å². The van der Waals surface area contributed by atoms with Gasteiger partial charge in [0.05, 0.1) is 6.61 Å². The maximum Gasteiger partial charge on any atom is 0.404 e. The van der Waals surface area contributed by atoms with Crippen LogP contribution in [0.15, 0.2) is 0 Å². The van der Waals surface area contributed by atoms with E-state index >= 15 is 0 Å². The van der Waals surface area contributed by atoms with Gasteiger partial charge in [-0.05, 0) is 17.3 Å². The Kier molecular flexibility index (Phi) is 15.5. The molecule has 1 amide bonds. The van der Waals surface area contributed by atoms with E-state index in [9.17, 15) is 4.79 Å². The Balaban J connectivity index is 0. The van der Waals surface area contributed by atoms with Gasteiger partial charge in [-0.15, -0.1) is 0 Å². The minimum absolute atomic E-state index is 0.450. The number of hydrogen-bond donors (Lipinski definition) is 1. The highest BCUT2D eigenvalue weighted by Crippen LogP contribution is 1.85. The maximum absolute atomic E-state index is 9.87. The zero-order valence-electron chi connectivity index (χ0n) is 7.39. The van der Waals surface area contributed by atoms with E-state index in [0.717, 1.165) is 12.8 Å². The lowest BCUT2D eigenvalue weighted by Gasteiger charge is -1.95. The lowest BCUT2D eigenvalue weighted by molar-refractivity contribution is 0.155. The van der Waals surface area contributed by atoms with Crippen LogP contribution in [0.1, 0.15) is 26.7 Å². The van der Waals surface area contributed by atoms with Crippen LogP contribution in [0.25, 0.3) is 0 Å². The second-order valence-corrected chi connectivity index (χ2v) is 2.40. The minimum atomic E-state index is -0.682. The molecule has 0 radical (unpaired) electrons. The number of primary amides is 1. The van der Waals surface area contributed by atoms with Gasteiger partial charge in [0, 0.05) is 22.6 Å². The van der Waals surface area contributed by atoms with Crippen LogP contribution in [0, 0.1) is 9.85 Å². The SMILES string of the molecule is CC#CI.CCCCOC(N)=O. The quantitative estimate of drug-likeness (QED) is 0.491. The van der Waals surface area contributed by atoms with Gasteiger partial charge in [-0.3, -0.25) is 0 Å². The second-order valence-electron chi connectivity index (χ2n) is 1.87. The Bertz CT molecular complexity index is 154. The smallest absolute Gasteiger partial charge is 0.404 e. The molecule has 12 heavy (non-hydrogen) atoms. The molecule has 4 heteroatoms. The third-order valence-corrected chi connectivity index (χ3v) is 1.38. The minimum Gasteiger partial charge on any atom is -0.450 e. The molecular weight excluding hydrogens is 269 g/mol. The molecule has 0 aliphatic rings. The van der Waals surface area contributed by atoms with Crippen LogP contribution in [0.3, 0.4) is 0 Å². The van der Waals surface area contributed by atoms with Gasteiger partial charge in [0.25, 0.3) is 0 Å². The molecule has 0 aromatic heterocycles. The summed E-state index contributed by atoms with van der Waals surface area (Å²) >= 11 is 1.99. The molecule has 0 bridgehead atoms. The summed E-state index contributed by atoms with van der Waals surface area (Å²) in [6.45, 7) is 4.28. The molecule has 0 aliphatic carbocycles. The van der Waals surface area contributed by atoms with Crippen molar-refractivity contribution in [1.29, 1.82) is 0 Å². The number of amides is 1. The molecule has 0 heterocycles. The van der Waals surface area contributed by atoms with Crippen LogP contribution >= 0.6 is 22.6 Å². The number of nitrogens with two attached hydrogens (primary N) is 1. The number of carbonyl (C=O) groups is 1. The Morgan fingerprint density at radius 3 is 2.42 bits per heavy atom. The Morgan fingerprint density at radius 1 is 1.67 bits per heavy atom. The standard InChI is InChI=1S/C5H11NO2.C3H3I/c1-2-3-4-8-5(6)7;1-2-3-4/h2-4H2,1H3,(H2,6,7);1H3. The van der Waals surface area contributed by atoms with Crippen molar-refractivity contribution in [2.45, 2.75) is 26.7 Å². The highest BCUT2D eigenvalue weighted by molar-refractivity contribution is 14.1. The summed E-state index contributed by atoms with van der Waals surface area (Å²) in [4.78, 5) is 9.87. The Hall–Kier alpha value is -0.440. The molecule has 2 N–H and O–H groups in total. The van der Waals surface area contributed by atoms with E-state index in [1.54, 1.807) is 0 Å². The van der Waals surface area contributed by atoms with E-state index in [1.807, 2.05) is 36.4 Å². The van der Waals surface area contributed by atoms with Crippen LogP contribution < -0.4 is 5.73 Å². The van der Waals surface area contributed by atoms with Crippen molar-refractivity contribution in [2.24, 2.45) is 5.73 Å². The highest BCUT2D eigenvalue weighted by atomic mass is 127. The van der Waals surface area contributed by atoms with Crippen LogP contribution in [0.5, 0.6) is 0 Å². The molecule has 0 aliphatic heterocycles. The van der Waals surface area contributed by atoms with Crippen molar-refractivity contribution in [1.82, 2.24) is 0 Å². The summed E-state index contributed by atoms with van der Waals surface area (Å²) in [7, 11) is 0. The van der Waals surface area contributed by atoms with Gasteiger partial charge in [-0.2, -0.15) is 0 Å². The average molecular weight is 283 g/mol. The predicted molar refractivity (Wildman–Crippen MR) is 57.9 cm³/mol. The molecule has 0 saturated heterocycles. The third kappa shape index (κ3) is 22.7. The van der Waals surface area contributed by atoms with Crippen LogP contribution in [-0.4, -0.2) is 12.7 Å². The molecule has 0 saturated carbocycles. The van der Waals surface area contributed by atoms with Crippen molar-refractivity contribution < 1.29 is 9.53 Å². The van der Waals surface area contributed by atoms with E-state index in [0.29, 0.717) is 6.61 Å². The third-order valence-electron chi connectivity index (χ3n) is 0.837. The topological polar surface area (TPSA) is 52.3 Å². The summed E-state index contributed by atoms with van der Waals surface area (Å²) in [5, 5.41) is 0. The van der Waals surface area contributed by atoms with Crippen molar-refractivity contribution in [3.05, 3.63) is 0 Å². The van der Waals surface area contributed by atoms with Crippen LogP contribution in [0.4, 0.5) is 4.79 Å². The molecule has 0 aromatic rings. The fourth-order valence-electron chi connectivity index (χ4n) is 0.317. The Labute approximate surface area is 87.2 Å². The first kappa shape index (κ1) is 14.1. The zero-order valence-corrected chi connectivity index (χ0v) is 9.55. The number of hydrogen-bond acceptors (Lipinski definition) is 2. The largest absolute Gasteiger partial charge is 0.450 e. The molecule has 0 rings (SSSR count). The first-order valence-electron chi connectivity index (χ1n) is 3.63. The number of unbranched alkanes of at least 4 members (excludes halogenated alkanes) is 1. The van der Waals surface area contributed by atoms with Gasteiger partial charge >= 0.3 is 6.09 Å². The average Bonchev–Trinajstić information content (AvgIpc) is 2.05. The lowest BCUT2D eigenvalue weighted by atomic mass is 10.4. The van der Waals surface area contributed by atoms with Gasteiger partial charge in [-0.25, -0.2) is 4.79 Å².